The van der Waals surface area contributed by atoms with E-state index in [1.165, 1.54) is 0 Å². The van der Waals surface area contributed by atoms with Crippen LogP contribution in [-0.4, -0.2) is 38.5 Å². The topological polar surface area (TPSA) is 73.4 Å². The van der Waals surface area contributed by atoms with Gasteiger partial charge >= 0.3 is 0 Å². The molecular weight excluding hydrogens is 332 g/mol. The fourth-order valence-electron chi connectivity index (χ4n) is 3.17. The first kappa shape index (κ1) is 16.4. The number of imidazole rings is 1. The molecule has 134 valence electrons. The van der Waals surface area contributed by atoms with Crippen molar-refractivity contribution in [1.82, 2.24) is 19.4 Å². The number of pyridine rings is 1. The van der Waals surface area contributed by atoms with Crippen LogP contribution in [0.5, 0.6) is 5.75 Å². The van der Waals surface area contributed by atoms with E-state index in [0.717, 1.165) is 18.0 Å². The van der Waals surface area contributed by atoms with E-state index in [0.29, 0.717) is 25.5 Å². The Balaban J connectivity index is 1.47. The first-order chi connectivity index (χ1) is 12.8. The summed E-state index contributed by atoms with van der Waals surface area (Å²) in [4.78, 5) is 22.9. The number of carbonyl (C=O) groups excluding carboxylic acids is 1. The van der Waals surface area contributed by atoms with E-state index in [1.807, 2.05) is 35.6 Å². The van der Waals surface area contributed by atoms with Gasteiger partial charge in [0, 0.05) is 31.4 Å². The molecule has 3 aromatic rings. The number of aromatic nitrogens is 3. The molecule has 4 rings (SSSR count). The molecule has 26 heavy (non-hydrogen) atoms. The molecule has 0 fully saturated rings. The lowest BCUT2D eigenvalue weighted by Crippen LogP contribution is -2.36. The third-order valence-electron chi connectivity index (χ3n) is 4.46. The minimum Gasteiger partial charge on any atom is -0.492 e. The van der Waals surface area contributed by atoms with Gasteiger partial charge in [-0.3, -0.25) is 9.78 Å². The van der Waals surface area contributed by atoms with Crippen LogP contribution in [0.25, 0.3) is 0 Å². The number of furan rings is 1. The first-order valence-electron chi connectivity index (χ1n) is 8.60. The lowest BCUT2D eigenvalue weighted by atomic mass is 10.1. The second kappa shape index (κ2) is 7.43. The fourth-order valence-corrected chi connectivity index (χ4v) is 3.17. The summed E-state index contributed by atoms with van der Waals surface area (Å²) < 4.78 is 13.3. The number of nitrogens with zero attached hydrogens (tertiary/aromatic N) is 4. The Labute approximate surface area is 151 Å². The molecule has 0 spiro atoms. The highest BCUT2D eigenvalue weighted by atomic mass is 16.5. The molecule has 0 aliphatic carbocycles. The number of carbonyl (C=O) groups is 1. The second-order valence-corrected chi connectivity index (χ2v) is 6.43. The average Bonchev–Trinajstić information content (AvgIpc) is 3.29. The smallest absolute Gasteiger partial charge is 0.230 e. The molecule has 3 aromatic heterocycles. The normalized spacial score (nSPS) is 16.8. The zero-order chi connectivity index (χ0) is 17.8. The van der Waals surface area contributed by atoms with Crippen molar-refractivity contribution in [2.75, 3.05) is 13.2 Å². The van der Waals surface area contributed by atoms with Crippen molar-refractivity contribution >= 4 is 5.91 Å². The third kappa shape index (κ3) is 3.77. The lowest BCUT2D eigenvalue weighted by Gasteiger charge is -2.24. The Bertz CT molecular complexity index is 845. The van der Waals surface area contributed by atoms with Crippen molar-refractivity contribution in [3.05, 3.63) is 66.9 Å². The molecule has 0 N–H and O–H groups in total. The SMILES string of the molecule is O=C(Cc1ccco1)N1Cc2cncn2C[C@H](COc2cccnc2)C1. The van der Waals surface area contributed by atoms with E-state index in [4.69, 9.17) is 9.15 Å². The summed E-state index contributed by atoms with van der Waals surface area (Å²) in [5.41, 5.74) is 1.03. The Morgan fingerprint density at radius 2 is 2.19 bits per heavy atom. The van der Waals surface area contributed by atoms with Crippen LogP contribution >= 0.6 is 0 Å². The van der Waals surface area contributed by atoms with Gasteiger partial charge in [-0.25, -0.2) is 4.98 Å². The van der Waals surface area contributed by atoms with Gasteiger partial charge in [0.25, 0.3) is 0 Å². The fraction of sp³-hybridized carbons (Fsp3) is 0.316. The Morgan fingerprint density at radius 3 is 3.00 bits per heavy atom. The standard InChI is InChI=1S/C19H20N4O3/c24-19(7-17-4-2-6-25-17)22-10-15(11-23-14-21-8-16(23)12-22)13-26-18-3-1-5-20-9-18/h1-6,8-9,14-15H,7,10-13H2/t15-/m1/s1. The van der Waals surface area contributed by atoms with Gasteiger partial charge in [-0.15, -0.1) is 0 Å². The maximum absolute atomic E-state index is 12.8. The molecule has 7 heteroatoms. The molecular formula is C19H20N4O3. The molecule has 0 saturated heterocycles. The summed E-state index contributed by atoms with van der Waals surface area (Å²) in [6, 6.07) is 7.34. The van der Waals surface area contributed by atoms with Gasteiger partial charge in [0.15, 0.2) is 0 Å². The molecule has 4 heterocycles. The van der Waals surface area contributed by atoms with Crippen molar-refractivity contribution in [1.29, 1.82) is 0 Å². The Morgan fingerprint density at radius 1 is 1.23 bits per heavy atom. The van der Waals surface area contributed by atoms with Gasteiger partial charge in [-0.1, -0.05) is 0 Å². The van der Waals surface area contributed by atoms with Crippen LogP contribution in [-0.2, 0) is 24.3 Å². The average molecular weight is 352 g/mol. The molecule has 0 unspecified atom stereocenters. The van der Waals surface area contributed by atoms with Gasteiger partial charge in [0.1, 0.15) is 11.5 Å². The van der Waals surface area contributed by atoms with E-state index < -0.39 is 0 Å². The van der Waals surface area contributed by atoms with Gasteiger partial charge in [-0.05, 0) is 24.3 Å². The molecule has 0 aromatic carbocycles. The van der Waals surface area contributed by atoms with E-state index in [-0.39, 0.29) is 18.2 Å². The summed E-state index contributed by atoms with van der Waals surface area (Å²) >= 11 is 0. The number of ether oxygens (including phenoxy) is 1. The molecule has 0 bridgehead atoms. The molecule has 1 atom stereocenters. The number of hydrogen-bond acceptors (Lipinski definition) is 5. The van der Waals surface area contributed by atoms with Crippen LogP contribution in [0.1, 0.15) is 11.5 Å². The van der Waals surface area contributed by atoms with Crippen LogP contribution < -0.4 is 4.74 Å². The minimum atomic E-state index is 0.0426. The number of fused-ring (bicyclic) bond motifs is 1. The first-order valence-corrected chi connectivity index (χ1v) is 8.60. The van der Waals surface area contributed by atoms with Crippen molar-refractivity contribution in [3.8, 4) is 5.75 Å². The predicted octanol–water partition coefficient (Wildman–Crippen LogP) is 2.15. The van der Waals surface area contributed by atoms with Crippen molar-refractivity contribution < 1.29 is 13.9 Å². The van der Waals surface area contributed by atoms with Crippen LogP contribution in [0.2, 0.25) is 0 Å². The van der Waals surface area contributed by atoms with Crippen LogP contribution in [0.4, 0.5) is 0 Å². The minimum absolute atomic E-state index is 0.0426. The maximum atomic E-state index is 12.8. The molecule has 1 aliphatic heterocycles. The molecule has 0 radical (unpaired) electrons. The number of rotatable bonds is 5. The monoisotopic (exact) mass is 352 g/mol. The van der Waals surface area contributed by atoms with Crippen LogP contribution in [0.15, 0.2) is 59.9 Å². The highest BCUT2D eigenvalue weighted by molar-refractivity contribution is 5.78. The van der Waals surface area contributed by atoms with Gasteiger partial charge in [0.2, 0.25) is 5.91 Å². The largest absolute Gasteiger partial charge is 0.492 e. The van der Waals surface area contributed by atoms with Crippen molar-refractivity contribution in [2.45, 2.75) is 19.5 Å². The summed E-state index contributed by atoms with van der Waals surface area (Å²) in [6.45, 7) is 2.44. The number of hydrogen-bond donors (Lipinski definition) is 0. The van der Waals surface area contributed by atoms with Gasteiger partial charge in [0.05, 0.1) is 44.1 Å². The Kier molecular flexibility index (Phi) is 4.68. The second-order valence-electron chi connectivity index (χ2n) is 6.43. The molecule has 0 saturated carbocycles. The molecule has 1 aliphatic rings. The van der Waals surface area contributed by atoms with Gasteiger partial charge < -0.3 is 18.6 Å². The molecule has 7 nitrogen and oxygen atoms in total. The van der Waals surface area contributed by atoms with Gasteiger partial charge in [-0.2, -0.15) is 0 Å². The predicted molar refractivity (Wildman–Crippen MR) is 93.3 cm³/mol. The lowest BCUT2D eigenvalue weighted by molar-refractivity contribution is -0.132. The van der Waals surface area contributed by atoms with E-state index in [2.05, 4.69) is 14.5 Å². The zero-order valence-electron chi connectivity index (χ0n) is 14.3. The van der Waals surface area contributed by atoms with E-state index in [9.17, 15) is 4.79 Å². The highest BCUT2D eigenvalue weighted by Gasteiger charge is 2.26. The third-order valence-corrected chi connectivity index (χ3v) is 4.46. The van der Waals surface area contributed by atoms with Crippen molar-refractivity contribution in [3.63, 3.8) is 0 Å². The highest BCUT2D eigenvalue weighted by Crippen LogP contribution is 2.19. The van der Waals surface area contributed by atoms with Crippen LogP contribution in [0, 0.1) is 5.92 Å². The van der Waals surface area contributed by atoms with Crippen LogP contribution in [0.3, 0.4) is 0 Å². The summed E-state index contributed by atoms with van der Waals surface area (Å²) in [7, 11) is 0. The molecule has 1 amide bonds. The summed E-state index contributed by atoms with van der Waals surface area (Å²) in [6.07, 6.45) is 8.89. The number of amides is 1. The van der Waals surface area contributed by atoms with E-state index >= 15 is 0 Å². The zero-order valence-corrected chi connectivity index (χ0v) is 14.3. The summed E-state index contributed by atoms with van der Waals surface area (Å²) in [5, 5.41) is 0. The summed E-state index contributed by atoms with van der Waals surface area (Å²) in [5.74, 6) is 1.61. The van der Waals surface area contributed by atoms with E-state index in [1.54, 1.807) is 24.7 Å². The maximum Gasteiger partial charge on any atom is 0.230 e. The quantitative estimate of drug-likeness (QED) is 0.703. The van der Waals surface area contributed by atoms with Crippen molar-refractivity contribution in [2.24, 2.45) is 5.92 Å². The Hall–Kier alpha value is -3.09.